The van der Waals surface area contributed by atoms with Crippen LogP contribution in [0, 0.1) is 5.41 Å². The van der Waals surface area contributed by atoms with Crippen molar-refractivity contribution >= 4 is 29.1 Å². The third kappa shape index (κ3) is 5.16. The Balaban J connectivity index is 2.17. The van der Waals surface area contributed by atoms with Crippen LogP contribution in [0.15, 0.2) is 61.2 Å². The van der Waals surface area contributed by atoms with Crippen LogP contribution in [0.3, 0.4) is 0 Å². The predicted molar refractivity (Wildman–Crippen MR) is 129 cm³/mol. The summed E-state index contributed by atoms with van der Waals surface area (Å²) in [5.74, 6) is 0.252. The lowest BCUT2D eigenvalue weighted by molar-refractivity contribution is -0.154. The van der Waals surface area contributed by atoms with Crippen LogP contribution in [0.2, 0.25) is 10.0 Å². The molecule has 5 heteroatoms. The summed E-state index contributed by atoms with van der Waals surface area (Å²) in [6.45, 7) is 8.69. The molecule has 0 aliphatic carbocycles. The van der Waals surface area contributed by atoms with Crippen molar-refractivity contribution in [2.24, 2.45) is 5.41 Å². The van der Waals surface area contributed by atoms with Gasteiger partial charge in [-0.2, -0.15) is 0 Å². The third-order valence-electron chi connectivity index (χ3n) is 6.40. The van der Waals surface area contributed by atoms with Crippen LogP contribution in [-0.2, 0) is 9.53 Å². The molecule has 0 bridgehead atoms. The number of likely N-dealkylation sites (tertiary alicyclic amines) is 1. The largest absolute Gasteiger partial charge is 0.385 e. The number of ether oxygens (including phenoxy) is 1. The molecule has 1 heterocycles. The van der Waals surface area contributed by atoms with Crippen LogP contribution in [0.1, 0.15) is 56.2 Å². The van der Waals surface area contributed by atoms with Gasteiger partial charge >= 0.3 is 0 Å². The van der Waals surface area contributed by atoms with Crippen LogP contribution in [0.4, 0.5) is 0 Å². The molecule has 31 heavy (non-hydrogen) atoms. The highest BCUT2D eigenvalue weighted by atomic mass is 35.5. The molecule has 0 N–H and O–H groups in total. The maximum absolute atomic E-state index is 13.9. The van der Waals surface area contributed by atoms with E-state index in [9.17, 15) is 4.79 Å². The predicted octanol–water partition coefficient (Wildman–Crippen LogP) is 7.06. The van der Waals surface area contributed by atoms with Crippen molar-refractivity contribution in [1.82, 2.24) is 4.90 Å². The number of piperidine rings is 1. The maximum atomic E-state index is 13.9. The van der Waals surface area contributed by atoms with E-state index in [0.29, 0.717) is 23.1 Å². The van der Waals surface area contributed by atoms with Gasteiger partial charge in [0, 0.05) is 35.7 Å². The summed E-state index contributed by atoms with van der Waals surface area (Å²) in [6, 6.07) is 15.8. The van der Waals surface area contributed by atoms with Gasteiger partial charge in [0.1, 0.15) is 0 Å². The summed E-state index contributed by atoms with van der Waals surface area (Å²) in [7, 11) is 1.69. The number of rotatable bonds is 8. The number of methoxy groups -OCH3 is 1. The van der Waals surface area contributed by atoms with Gasteiger partial charge < -0.3 is 9.64 Å². The van der Waals surface area contributed by atoms with Gasteiger partial charge in [-0.25, -0.2) is 0 Å². The standard InChI is InChI=1S/C26H31Cl2NO2/c1-5-14-26(3)17-23(20-7-6-8-22(28)16-20)24(19-9-11-21(27)12-10-19)29(25(26)30)18(2)13-15-31-4/h5-12,16,18,23-24H,1,13-15,17H2,2-4H3/t18-,23+,24+,26-/m0/s1. The van der Waals surface area contributed by atoms with E-state index in [4.69, 9.17) is 27.9 Å². The van der Waals surface area contributed by atoms with Crippen molar-refractivity contribution in [3.8, 4) is 0 Å². The lowest BCUT2D eigenvalue weighted by Crippen LogP contribution is -2.55. The Kier molecular flexibility index (Phi) is 7.85. The zero-order valence-electron chi connectivity index (χ0n) is 18.5. The molecule has 3 rings (SSSR count). The van der Waals surface area contributed by atoms with E-state index < -0.39 is 5.41 Å². The monoisotopic (exact) mass is 459 g/mol. The van der Waals surface area contributed by atoms with Gasteiger partial charge in [0.2, 0.25) is 5.91 Å². The van der Waals surface area contributed by atoms with Gasteiger partial charge in [0.05, 0.1) is 11.5 Å². The zero-order valence-corrected chi connectivity index (χ0v) is 20.0. The van der Waals surface area contributed by atoms with E-state index in [1.165, 1.54) is 0 Å². The molecule has 1 aliphatic rings. The average Bonchev–Trinajstić information content (AvgIpc) is 2.74. The summed E-state index contributed by atoms with van der Waals surface area (Å²) in [6.07, 6.45) is 3.97. The van der Waals surface area contributed by atoms with Crippen LogP contribution in [0.25, 0.3) is 0 Å². The highest BCUT2D eigenvalue weighted by Crippen LogP contribution is 2.52. The number of amides is 1. The number of halogens is 2. The van der Waals surface area contributed by atoms with E-state index in [1.54, 1.807) is 7.11 Å². The Bertz CT molecular complexity index is 914. The minimum atomic E-state index is -0.529. The highest BCUT2D eigenvalue weighted by molar-refractivity contribution is 6.30. The molecule has 0 spiro atoms. The SMILES string of the molecule is C=CC[C@@]1(C)C[C@H](c2cccc(Cl)c2)[C@@H](c2ccc(Cl)cc2)N([C@@H](C)CCOC)C1=O. The summed E-state index contributed by atoms with van der Waals surface area (Å²) >= 11 is 12.6. The lowest BCUT2D eigenvalue weighted by Gasteiger charge is -2.51. The molecule has 1 aliphatic heterocycles. The number of benzene rings is 2. The summed E-state index contributed by atoms with van der Waals surface area (Å²) in [5.41, 5.74) is 1.69. The van der Waals surface area contributed by atoms with Gasteiger partial charge in [-0.15, -0.1) is 6.58 Å². The molecule has 4 atom stereocenters. The first-order valence-corrected chi connectivity index (χ1v) is 11.5. The van der Waals surface area contributed by atoms with Crippen LogP contribution in [0.5, 0.6) is 0 Å². The summed E-state index contributed by atoms with van der Waals surface area (Å²) in [5, 5.41) is 1.38. The molecule has 1 fully saturated rings. The van der Waals surface area contributed by atoms with Crippen molar-refractivity contribution in [2.75, 3.05) is 13.7 Å². The Hall–Kier alpha value is -1.81. The smallest absolute Gasteiger partial charge is 0.229 e. The Labute approximate surface area is 196 Å². The van der Waals surface area contributed by atoms with Gasteiger partial charge in [-0.05, 0) is 61.6 Å². The van der Waals surface area contributed by atoms with E-state index in [-0.39, 0.29) is 23.9 Å². The quantitative estimate of drug-likeness (QED) is 0.395. The lowest BCUT2D eigenvalue weighted by atomic mass is 9.67. The van der Waals surface area contributed by atoms with Crippen molar-refractivity contribution in [3.05, 3.63) is 82.4 Å². The van der Waals surface area contributed by atoms with E-state index in [0.717, 1.165) is 24.0 Å². The minimum absolute atomic E-state index is 0.0132. The van der Waals surface area contributed by atoms with Gasteiger partial charge in [-0.3, -0.25) is 4.79 Å². The van der Waals surface area contributed by atoms with Gasteiger partial charge in [0.15, 0.2) is 0 Å². The summed E-state index contributed by atoms with van der Waals surface area (Å²) < 4.78 is 5.33. The first-order valence-electron chi connectivity index (χ1n) is 10.7. The maximum Gasteiger partial charge on any atom is 0.229 e. The number of hydrogen-bond donors (Lipinski definition) is 0. The zero-order chi connectivity index (χ0) is 22.6. The Morgan fingerprint density at radius 1 is 1.19 bits per heavy atom. The number of nitrogens with zero attached hydrogens (tertiary/aromatic N) is 1. The first-order chi connectivity index (χ1) is 14.8. The molecule has 3 nitrogen and oxygen atoms in total. The molecule has 0 aromatic heterocycles. The van der Waals surface area contributed by atoms with Crippen molar-refractivity contribution in [1.29, 1.82) is 0 Å². The Morgan fingerprint density at radius 2 is 1.90 bits per heavy atom. The van der Waals surface area contributed by atoms with E-state index >= 15 is 0 Å². The van der Waals surface area contributed by atoms with Crippen molar-refractivity contribution in [3.63, 3.8) is 0 Å². The molecule has 1 saturated heterocycles. The van der Waals surface area contributed by atoms with Crippen LogP contribution in [-0.4, -0.2) is 30.6 Å². The Morgan fingerprint density at radius 3 is 2.52 bits per heavy atom. The second kappa shape index (κ2) is 10.2. The van der Waals surface area contributed by atoms with Gasteiger partial charge in [-0.1, -0.05) is 60.5 Å². The molecule has 0 radical (unpaired) electrons. The second-order valence-electron chi connectivity index (χ2n) is 8.76. The highest BCUT2D eigenvalue weighted by Gasteiger charge is 2.50. The molecular weight excluding hydrogens is 429 g/mol. The average molecular weight is 460 g/mol. The van der Waals surface area contributed by atoms with Crippen LogP contribution >= 0.6 is 23.2 Å². The molecule has 2 aromatic rings. The van der Waals surface area contributed by atoms with Crippen molar-refractivity contribution in [2.45, 2.75) is 51.1 Å². The molecule has 0 unspecified atom stereocenters. The normalized spacial score (nSPS) is 24.8. The topological polar surface area (TPSA) is 29.5 Å². The molecule has 166 valence electrons. The third-order valence-corrected chi connectivity index (χ3v) is 6.89. The van der Waals surface area contributed by atoms with E-state index in [1.807, 2.05) is 48.5 Å². The number of carbonyl (C=O) groups excluding carboxylic acids is 1. The fourth-order valence-corrected chi connectivity index (χ4v) is 5.12. The minimum Gasteiger partial charge on any atom is -0.385 e. The van der Waals surface area contributed by atoms with Crippen molar-refractivity contribution < 1.29 is 9.53 Å². The number of carbonyl (C=O) groups is 1. The molecule has 2 aromatic carbocycles. The molecular formula is C26H31Cl2NO2. The second-order valence-corrected chi connectivity index (χ2v) is 9.63. The fraction of sp³-hybridized carbons (Fsp3) is 0.423. The molecule has 0 saturated carbocycles. The van der Waals surface area contributed by atoms with E-state index in [2.05, 4.69) is 31.4 Å². The first kappa shape index (κ1) is 23.8. The number of allylic oxidation sites excluding steroid dienone is 1. The van der Waals surface area contributed by atoms with Gasteiger partial charge in [0.25, 0.3) is 0 Å². The van der Waals surface area contributed by atoms with Crippen LogP contribution < -0.4 is 0 Å². The summed E-state index contributed by atoms with van der Waals surface area (Å²) in [4.78, 5) is 16.0. The number of hydrogen-bond acceptors (Lipinski definition) is 2. The molecule has 1 amide bonds. The fourth-order valence-electron chi connectivity index (χ4n) is 4.80.